The molecular formula is C20H19F2NO3. The molecule has 1 atom stereocenters. The number of carbonyl (C=O) groups is 2. The highest BCUT2D eigenvalue weighted by Crippen LogP contribution is 2.33. The van der Waals surface area contributed by atoms with E-state index in [-0.39, 0.29) is 6.04 Å². The largest absolute Gasteiger partial charge is 0.452 e. The molecule has 136 valence electrons. The number of hydrogen-bond donors (Lipinski definition) is 0. The number of fused-ring (bicyclic) bond motifs is 1. The fourth-order valence-corrected chi connectivity index (χ4v) is 3.30. The highest BCUT2D eigenvalue weighted by molar-refractivity contribution is 5.91. The van der Waals surface area contributed by atoms with Crippen molar-refractivity contribution in [2.24, 2.45) is 0 Å². The highest BCUT2D eigenvalue weighted by atomic mass is 19.1. The van der Waals surface area contributed by atoms with Crippen LogP contribution in [0.1, 0.15) is 40.4 Å². The summed E-state index contributed by atoms with van der Waals surface area (Å²) in [5, 5.41) is 0. The van der Waals surface area contributed by atoms with Gasteiger partial charge in [-0.2, -0.15) is 0 Å². The van der Waals surface area contributed by atoms with Gasteiger partial charge in [-0.1, -0.05) is 30.3 Å². The van der Waals surface area contributed by atoms with Crippen LogP contribution in [0.5, 0.6) is 0 Å². The smallest absolute Gasteiger partial charge is 0.344 e. The minimum absolute atomic E-state index is 0.101. The van der Waals surface area contributed by atoms with Gasteiger partial charge in [0.1, 0.15) is 17.2 Å². The molecule has 0 N–H and O–H groups in total. The molecule has 0 aliphatic heterocycles. The summed E-state index contributed by atoms with van der Waals surface area (Å²) < 4.78 is 32.0. The normalized spacial score (nSPS) is 15.9. The van der Waals surface area contributed by atoms with Crippen molar-refractivity contribution in [3.63, 3.8) is 0 Å². The minimum atomic E-state index is -1.19. The second-order valence-electron chi connectivity index (χ2n) is 6.28. The highest BCUT2D eigenvalue weighted by Gasteiger charge is 2.27. The van der Waals surface area contributed by atoms with Crippen molar-refractivity contribution in [1.82, 2.24) is 4.90 Å². The molecule has 6 heteroatoms. The number of benzene rings is 2. The van der Waals surface area contributed by atoms with E-state index in [2.05, 4.69) is 0 Å². The number of ether oxygens (including phenoxy) is 1. The van der Waals surface area contributed by atoms with Gasteiger partial charge in [-0.3, -0.25) is 4.79 Å². The molecule has 2 aromatic carbocycles. The molecule has 0 aromatic heterocycles. The predicted molar refractivity (Wildman–Crippen MR) is 91.5 cm³/mol. The van der Waals surface area contributed by atoms with Crippen LogP contribution < -0.4 is 0 Å². The summed E-state index contributed by atoms with van der Waals surface area (Å²) in [6.45, 7) is -0.568. The summed E-state index contributed by atoms with van der Waals surface area (Å²) in [5.41, 5.74) is 1.50. The fourth-order valence-electron chi connectivity index (χ4n) is 3.30. The standard InChI is InChI=1S/C20H19F2NO3/c1-23(17-11-4-7-13-6-2-3-8-14(13)17)18(24)12-26-20(25)19-15(21)9-5-10-16(19)22/h2-3,5-6,8-10,17H,4,7,11-12H2,1H3. The van der Waals surface area contributed by atoms with Crippen LogP contribution in [-0.2, 0) is 16.0 Å². The Morgan fingerprint density at radius 1 is 1.12 bits per heavy atom. The molecule has 1 aliphatic carbocycles. The van der Waals surface area contributed by atoms with E-state index >= 15 is 0 Å². The van der Waals surface area contributed by atoms with Crippen LogP contribution in [0.4, 0.5) is 8.78 Å². The maximum Gasteiger partial charge on any atom is 0.344 e. The van der Waals surface area contributed by atoms with E-state index in [4.69, 9.17) is 4.74 Å². The maximum atomic E-state index is 13.6. The number of amides is 1. The van der Waals surface area contributed by atoms with E-state index in [1.54, 1.807) is 7.05 Å². The Hall–Kier alpha value is -2.76. The molecule has 26 heavy (non-hydrogen) atoms. The molecule has 0 fully saturated rings. The third-order valence-electron chi connectivity index (χ3n) is 4.69. The number of esters is 1. The van der Waals surface area contributed by atoms with E-state index in [0.29, 0.717) is 0 Å². The van der Waals surface area contributed by atoms with E-state index in [1.807, 2.05) is 24.3 Å². The van der Waals surface area contributed by atoms with Gasteiger partial charge in [0.2, 0.25) is 0 Å². The topological polar surface area (TPSA) is 46.6 Å². The van der Waals surface area contributed by atoms with Crippen molar-refractivity contribution in [2.45, 2.75) is 25.3 Å². The van der Waals surface area contributed by atoms with E-state index < -0.39 is 35.7 Å². The lowest BCUT2D eigenvalue weighted by atomic mass is 9.87. The molecule has 0 heterocycles. The zero-order valence-corrected chi connectivity index (χ0v) is 14.4. The van der Waals surface area contributed by atoms with Crippen LogP contribution in [0, 0.1) is 11.6 Å². The third-order valence-corrected chi connectivity index (χ3v) is 4.69. The molecule has 0 saturated carbocycles. The molecule has 0 bridgehead atoms. The first-order valence-corrected chi connectivity index (χ1v) is 8.43. The van der Waals surface area contributed by atoms with Gasteiger partial charge in [-0.15, -0.1) is 0 Å². The van der Waals surface area contributed by atoms with Gasteiger partial charge in [0.25, 0.3) is 5.91 Å². The van der Waals surface area contributed by atoms with Gasteiger partial charge in [0.15, 0.2) is 6.61 Å². The summed E-state index contributed by atoms with van der Waals surface area (Å²) in [4.78, 5) is 25.9. The second kappa shape index (κ2) is 7.64. The molecule has 1 unspecified atom stereocenters. The molecule has 4 nitrogen and oxygen atoms in total. The van der Waals surface area contributed by atoms with Crippen molar-refractivity contribution >= 4 is 11.9 Å². The van der Waals surface area contributed by atoms with E-state index in [0.717, 1.165) is 43.0 Å². The van der Waals surface area contributed by atoms with Crippen molar-refractivity contribution in [1.29, 1.82) is 0 Å². The molecule has 0 saturated heterocycles. The summed E-state index contributed by atoms with van der Waals surface area (Å²) in [7, 11) is 1.65. The molecular weight excluding hydrogens is 340 g/mol. The first-order chi connectivity index (χ1) is 12.5. The average molecular weight is 359 g/mol. The molecule has 0 spiro atoms. The molecule has 2 aromatic rings. The van der Waals surface area contributed by atoms with Crippen molar-refractivity contribution in [3.8, 4) is 0 Å². The first-order valence-electron chi connectivity index (χ1n) is 8.43. The Bertz CT molecular complexity index is 817. The molecule has 3 rings (SSSR count). The number of aryl methyl sites for hydroxylation is 1. The Labute approximate surface area is 150 Å². The number of rotatable bonds is 4. The number of halogens is 2. The van der Waals surface area contributed by atoms with Crippen LogP contribution in [0.2, 0.25) is 0 Å². The number of likely N-dealkylation sites (N-methyl/N-ethyl adjacent to an activating group) is 1. The van der Waals surface area contributed by atoms with Crippen molar-refractivity contribution in [3.05, 3.63) is 70.8 Å². The third kappa shape index (κ3) is 3.59. The Balaban J connectivity index is 1.66. The molecule has 1 amide bonds. The Morgan fingerprint density at radius 3 is 2.54 bits per heavy atom. The Kier molecular flexibility index (Phi) is 5.30. The SMILES string of the molecule is CN(C(=O)COC(=O)c1c(F)cccc1F)C1CCCc2ccccc21. The summed E-state index contributed by atoms with van der Waals surface area (Å²) >= 11 is 0. The van der Waals surface area contributed by atoms with Crippen molar-refractivity contribution < 1.29 is 23.1 Å². The lowest BCUT2D eigenvalue weighted by molar-refractivity contribution is -0.135. The fraction of sp³-hybridized carbons (Fsp3) is 0.300. The van der Waals surface area contributed by atoms with Crippen LogP contribution in [-0.4, -0.2) is 30.4 Å². The molecule has 1 aliphatic rings. The summed E-state index contributed by atoms with van der Waals surface area (Å²) in [6.07, 6.45) is 2.74. The zero-order chi connectivity index (χ0) is 18.7. The number of carbonyl (C=O) groups excluding carboxylic acids is 2. The lowest BCUT2D eigenvalue weighted by Crippen LogP contribution is -2.36. The van der Waals surface area contributed by atoms with Gasteiger partial charge < -0.3 is 9.64 Å². The van der Waals surface area contributed by atoms with Gasteiger partial charge in [-0.05, 0) is 42.5 Å². The van der Waals surface area contributed by atoms with Crippen LogP contribution >= 0.6 is 0 Å². The summed E-state index contributed by atoms with van der Waals surface area (Å²) in [6, 6.07) is 10.9. The average Bonchev–Trinajstić information content (AvgIpc) is 2.65. The second-order valence-corrected chi connectivity index (χ2v) is 6.28. The van der Waals surface area contributed by atoms with E-state index in [1.165, 1.54) is 10.5 Å². The van der Waals surface area contributed by atoms with Gasteiger partial charge >= 0.3 is 5.97 Å². The quantitative estimate of drug-likeness (QED) is 0.783. The van der Waals surface area contributed by atoms with Crippen LogP contribution in [0.25, 0.3) is 0 Å². The lowest BCUT2D eigenvalue weighted by Gasteiger charge is -2.33. The first kappa shape index (κ1) is 18.0. The molecule has 0 radical (unpaired) electrons. The van der Waals surface area contributed by atoms with Crippen LogP contribution in [0.15, 0.2) is 42.5 Å². The monoisotopic (exact) mass is 359 g/mol. The van der Waals surface area contributed by atoms with E-state index in [9.17, 15) is 18.4 Å². The minimum Gasteiger partial charge on any atom is -0.452 e. The maximum absolute atomic E-state index is 13.6. The predicted octanol–water partition coefficient (Wildman–Crippen LogP) is 3.66. The van der Waals surface area contributed by atoms with Crippen LogP contribution in [0.3, 0.4) is 0 Å². The van der Waals surface area contributed by atoms with Gasteiger partial charge in [-0.25, -0.2) is 13.6 Å². The van der Waals surface area contributed by atoms with Gasteiger partial charge in [0, 0.05) is 7.05 Å². The van der Waals surface area contributed by atoms with Gasteiger partial charge in [0.05, 0.1) is 6.04 Å². The number of nitrogens with zero attached hydrogens (tertiary/aromatic N) is 1. The number of hydrogen-bond acceptors (Lipinski definition) is 3. The Morgan fingerprint density at radius 2 is 1.81 bits per heavy atom. The zero-order valence-electron chi connectivity index (χ0n) is 14.4. The van der Waals surface area contributed by atoms with Crippen molar-refractivity contribution in [2.75, 3.05) is 13.7 Å². The summed E-state index contributed by atoms with van der Waals surface area (Å²) in [5.74, 6) is -3.64.